The van der Waals surface area contributed by atoms with Crippen LogP contribution in [-0.2, 0) is 4.74 Å². The van der Waals surface area contributed by atoms with Crippen LogP contribution in [-0.4, -0.2) is 50.3 Å². The number of fused-ring (bicyclic) bond motifs is 5. The number of amides is 1. The van der Waals surface area contributed by atoms with Crippen LogP contribution in [0.4, 0.5) is 10.5 Å². The molecule has 0 aromatic heterocycles. The Bertz CT molecular complexity index is 710. The normalized spacial score (nSPS) is 27.6. The summed E-state index contributed by atoms with van der Waals surface area (Å²) in [6.07, 6.45) is 8.40. The number of anilines is 1. The van der Waals surface area contributed by atoms with Gasteiger partial charge in [0.2, 0.25) is 0 Å². The molecule has 1 saturated carbocycles. The summed E-state index contributed by atoms with van der Waals surface area (Å²) in [5.41, 5.74) is 4.14. The van der Waals surface area contributed by atoms with E-state index in [4.69, 9.17) is 4.74 Å². The molecule has 2 aliphatic carbocycles. The fourth-order valence-electron chi connectivity index (χ4n) is 5.73. The van der Waals surface area contributed by atoms with Gasteiger partial charge in [0.1, 0.15) is 0 Å². The van der Waals surface area contributed by atoms with Crippen molar-refractivity contribution in [3.63, 3.8) is 0 Å². The number of nitrogens with one attached hydrogen (secondary N) is 1. The van der Waals surface area contributed by atoms with E-state index >= 15 is 0 Å². The Balaban J connectivity index is 1.29. The van der Waals surface area contributed by atoms with E-state index in [1.165, 1.54) is 48.9 Å². The molecule has 1 unspecified atom stereocenters. The Labute approximate surface area is 168 Å². The summed E-state index contributed by atoms with van der Waals surface area (Å²) in [6, 6.07) is 7.18. The van der Waals surface area contributed by atoms with E-state index in [2.05, 4.69) is 28.4 Å². The van der Waals surface area contributed by atoms with Crippen molar-refractivity contribution in [2.75, 3.05) is 44.2 Å². The highest BCUT2D eigenvalue weighted by atomic mass is 16.6. The van der Waals surface area contributed by atoms with Gasteiger partial charge in [-0.15, -0.1) is 0 Å². The number of rotatable bonds is 3. The third-order valence-corrected chi connectivity index (χ3v) is 7.36. The summed E-state index contributed by atoms with van der Waals surface area (Å²) in [7, 11) is 0. The van der Waals surface area contributed by atoms with Crippen molar-refractivity contribution in [2.45, 2.75) is 56.9 Å². The minimum Gasteiger partial charge on any atom is -0.449 e. The van der Waals surface area contributed by atoms with Gasteiger partial charge in [0.25, 0.3) is 0 Å². The van der Waals surface area contributed by atoms with E-state index in [-0.39, 0.29) is 12.1 Å². The van der Waals surface area contributed by atoms with Crippen LogP contribution in [0.25, 0.3) is 0 Å². The Hall–Kier alpha value is -1.75. The molecule has 1 N–H and O–H groups in total. The van der Waals surface area contributed by atoms with Gasteiger partial charge in [0, 0.05) is 38.4 Å². The first-order valence-electron chi connectivity index (χ1n) is 11.3. The summed E-state index contributed by atoms with van der Waals surface area (Å²) in [5.74, 6) is 1.19. The Kier molecular flexibility index (Phi) is 5.19. The number of hydrogen-bond donors (Lipinski definition) is 1. The van der Waals surface area contributed by atoms with Crippen molar-refractivity contribution in [3.8, 4) is 0 Å². The molecule has 28 heavy (non-hydrogen) atoms. The molecule has 5 rings (SSSR count). The van der Waals surface area contributed by atoms with Crippen molar-refractivity contribution < 1.29 is 9.53 Å². The zero-order valence-corrected chi connectivity index (χ0v) is 16.9. The van der Waals surface area contributed by atoms with E-state index in [0.717, 1.165) is 45.6 Å². The number of hydrogen-bond acceptors (Lipinski definition) is 4. The van der Waals surface area contributed by atoms with Crippen LogP contribution < -0.4 is 10.2 Å². The van der Waals surface area contributed by atoms with Gasteiger partial charge in [-0.05, 0) is 60.8 Å². The number of carbonyl (C=O) groups excluding carboxylic acids is 1. The fraction of sp³-hybridized carbons (Fsp3) is 0.696. The standard InChI is InChI=1S/C23H33N3O2/c27-23(28-16-17-4-2-1-3-5-17)26-11-8-18-14-22(26)21-15-19(6-7-20(18)21)25-12-9-24-10-13-25/h6-7,15,17-18,22,24H,1-5,8-14,16H2/t18?,22-/m0/s1. The van der Waals surface area contributed by atoms with Crippen LogP contribution in [0, 0.1) is 5.92 Å². The van der Waals surface area contributed by atoms with E-state index in [9.17, 15) is 4.79 Å². The molecule has 4 aliphatic rings. The number of piperazine rings is 1. The maximum Gasteiger partial charge on any atom is 0.410 e. The minimum absolute atomic E-state index is 0.0885. The van der Waals surface area contributed by atoms with Crippen LogP contribution >= 0.6 is 0 Å². The number of benzene rings is 1. The first-order valence-corrected chi connectivity index (χ1v) is 11.3. The van der Waals surface area contributed by atoms with Gasteiger partial charge in [0.15, 0.2) is 0 Å². The molecule has 1 aromatic rings. The van der Waals surface area contributed by atoms with Crippen molar-refractivity contribution >= 4 is 11.8 Å². The average molecular weight is 384 g/mol. The highest BCUT2D eigenvalue weighted by Crippen LogP contribution is 2.50. The Morgan fingerprint density at radius 1 is 1.04 bits per heavy atom. The zero-order chi connectivity index (χ0) is 18.9. The maximum atomic E-state index is 12.9. The van der Waals surface area contributed by atoms with Crippen molar-refractivity contribution in [3.05, 3.63) is 29.3 Å². The third kappa shape index (κ3) is 3.49. The van der Waals surface area contributed by atoms with Crippen LogP contribution in [0.2, 0.25) is 0 Å². The molecule has 2 aliphatic heterocycles. The lowest BCUT2D eigenvalue weighted by Gasteiger charge is -2.34. The van der Waals surface area contributed by atoms with Gasteiger partial charge >= 0.3 is 6.09 Å². The molecule has 0 radical (unpaired) electrons. The topological polar surface area (TPSA) is 44.8 Å². The molecule has 152 valence electrons. The summed E-state index contributed by atoms with van der Waals surface area (Å²) in [4.78, 5) is 17.4. The van der Waals surface area contributed by atoms with E-state index < -0.39 is 0 Å². The van der Waals surface area contributed by atoms with Crippen molar-refractivity contribution in [1.29, 1.82) is 0 Å². The smallest absolute Gasteiger partial charge is 0.410 e. The van der Waals surface area contributed by atoms with Gasteiger partial charge in [-0.25, -0.2) is 4.79 Å². The first kappa shape index (κ1) is 18.3. The molecule has 1 amide bonds. The van der Waals surface area contributed by atoms with E-state index in [0.29, 0.717) is 18.4 Å². The van der Waals surface area contributed by atoms with Gasteiger partial charge in [0.05, 0.1) is 12.6 Å². The van der Waals surface area contributed by atoms with Crippen LogP contribution in [0.15, 0.2) is 18.2 Å². The highest BCUT2D eigenvalue weighted by Gasteiger charge is 2.41. The molecule has 2 atom stereocenters. The van der Waals surface area contributed by atoms with Gasteiger partial charge in [-0.2, -0.15) is 0 Å². The molecule has 0 spiro atoms. The van der Waals surface area contributed by atoms with E-state index in [1.807, 2.05) is 4.90 Å². The molecule has 5 nitrogen and oxygen atoms in total. The Morgan fingerprint density at radius 2 is 1.86 bits per heavy atom. The minimum atomic E-state index is -0.0885. The SMILES string of the molecule is O=C(OCC1CCCCC1)N1CCC2C[C@H]1c1cc(N3CCNCC3)ccc12. The second-order valence-corrected chi connectivity index (χ2v) is 9.06. The Morgan fingerprint density at radius 3 is 2.68 bits per heavy atom. The summed E-state index contributed by atoms with van der Waals surface area (Å²) in [6.45, 7) is 5.64. The first-order chi connectivity index (χ1) is 13.8. The van der Waals surface area contributed by atoms with Gasteiger partial charge in [-0.3, -0.25) is 0 Å². The molecular weight excluding hydrogens is 350 g/mol. The molecule has 2 bridgehead atoms. The molecule has 2 heterocycles. The number of piperidine rings is 1. The highest BCUT2D eigenvalue weighted by molar-refractivity contribution is 5.70. The van der Waals surface area contributed by atoms with Crippen LogP contribution in [0.1, 0.15) is 68.0 Å². The van der Waals surface area contributed by atoms with Crippen LogP contribution in [0.3, 0.4) is 0 Å². The average Bonchev–Trinajstić information content (AvgIpc) is 3.05. The molecular formula is C23H33N3O2. The van der Waals surface area contributed by atoms with Crippen LogP contribution in [0.5, 0.6) is 0 Å². The van der Waals surface area contributed by atoms with Gasteiger partial charge < -0.3 is 19.9 Å². The number of carbonyl (C=O) groups is 1. The summed E-state index contributed by atoms with van der Waals surface area (Å²) >= 11 is 0. The molecule has 2 saturated heterocycles. The molecule has 3 fully saturated rings. The molecule has 5 heteroatoms. The predicted molar refractivity (Wildman–Crippen MR) is 111 cm³/mol. The second kappa shape index (κ2) is 7.94. The monoisotopic (exact) mass is 383 g/mol. The molecule has 1 aromatic carbocycles. The van der Waals surface area contributed by atoms with Crippen molar-refractivity contribution in [2.24, 2.45) is 5.92 Å². The second-order valence-electron chi connectivity index (χ2n) is 9.06. The number of nitrogens with zero attached hydrogens (tertiary/aromatic N) is 2. The van der Waals surface area contributed by atoms with Gasteiger partial charge in [-0.1, -0.05) is 25.3 Å². The summed E-state index contributed by atoms with van der Waals surface area (Å²) < 4.78 is 5.80. The predicted octanol–water partition coefficient (Wildman–Crippen LogP) is 4.05. The lowest BCUT2D eigenvalue weighted by Crippen LogP contribution is -2.43. The quantitative estimate of drug-likeness (QED) is 0.855. The third-order valence-electron chi connectivity index (χ3n) is 7.36. The van der Waals surface area contributed by atoms with Crippen molar-refractivity contribution in [1.82, 2.24) is 10.2 Å². The lowest BCUT2D eigenvalue weighted by molar-refractivity contribution is 0.0582. The fourth-order valence-corrected chi connectivity index (χ4v) is 5.73. The lowest BCUT2D eigenvalue weighted by atomic mass is 9.90. The zero-order valence-electron chi connectivity index (χ0n) is 16.9. The number of likely N-dealkylation sites (tertiary alicyclic amines) is 1. The summed E-state index contributed by atoms with van der Waals surface area (Å²) in [5, 5.41) is 3.43. The maximum absolute atomic E-state index is 12.9. The largest absolute Gasteiger partial charge is 0.449 e. The number of ether oxygens (including phenoxy) is 1. The van der Waals surface area contributed by atoms with E-state index in [1.54, 1.807) is 0 Å².